The van der Waals surface area contributed by atoms with Crippen molar-refractivity contribution in [1.82, 2.24) is 0 Å². The third kappa shape index (κ3) is 2.32. The summed E-state index contributed by atoms with van der Waals surface area (Å²) < 4.78 is 10.6. The number of nitrogens with one attached hydrogen (secondary N) is 1. The van der Waals surface area contributed by atoms with Crippen molar-refractivity contribution in [2.75, 3.05) is 12.1 Å². The molecule has 0 aliphatic carbocycles. The molecule has 2 aromatic rings. The van der Waals surface area contributed by atoms with Gasteiger partial charge in [-0.05, 0) is 36.2 Å². The van der Waals surface area contributed by atoms with E-state index in [1.165, 1.54) is 5.56 Å². The molecule has 4 heteroatoms. The van der Waals surface area contributed by atoms with E-state index in [-0.39, 0.29) is 12.7 Å². The summed E-state index contributed by atoms with van der Waals surface area (Å²) >= 11 is 0. The lowest BCUT2D eigenvalue weighted by Gasteiger charge is -2.08. The predicted octanol–water partition coefficient (Wildman–Crippen LogP) is 3.23. The Hall–Kier alpha value is -2.49. The summed E-state index contributed by atoms with van der Waals surface area (Å²) in [6, 6.07) is 13.1. The minimum atomic E-state index is -0.198. The number of carbonyl (C=O) groups excluding carboxylic acids is 1. The highest BCUT2D eigenvalue weighted by molar-refractivity contribution is 6.06. The van der Waals surface area contributed by atoms with E-state index in [1.54, 1.807) is 18.2 Å². The Balaban J connectivity index is 1.81. The van der Waals surface area contributed by atoms with Crippen LogP contribution in [0, 0.1) is 0 Å². The first kappa shape index (κ1) is 12.5. The molecule has 20 heavy (non-hydrogen) atoms. The molecule has 1 heterocycles. The highest BCUT2D eigenvalue weighted by atomic mass is 16.7. The molecular weight excluding hydrogens is 254 g/mol. The zero-order valence-electron chi connectivity index (χ0n) is 11.2. The lowest BCUT2D eigenvalue weighted by Crippen LogP contribution is -2.12. The predicted molar refractivity (Wildman–Crippen MR) is 76.3 cm³/mol. The van der Waals surface area contributed by atoms with Gasteiger partial charge >= 0.3 is 0 Å². The van der Waals surface area contributed by atoms with Crippen LogP contribution in [0.5, 0.6) is 11.5 Å². The van der Waals surface area contributed by atoms with Crippen LogP contribution in [-0.2, 0) is 6.42 Å². The van der Waals surface area contributed by atoms with Crippen LogP contribution in [0.2, 0.25) is 0 Å². The Morgan fingerprint density at radius 3 is 2.70 bits per heavy atom. The fourth-order valence-corrected chi connectivity index (χ4v) is 2.13. The van der Waals surface area contributed by atoms with Gasteiger partial charge in [0, 0.05) is 5.69 Å². The van der Waals surface area contributed by atoms with E-state index in [0.717, 1.165) is 12.1 Å². The van der Waals surface area contributed by atoms with Crippen molar-refractivity contribution < 1.29 is 14.3 Å². The lowest BCUT2D eigenvalue weighted by molar-refractivity contribution is 0.102. The Kier molecular flexibility index (Phi) is 3.29. The summed E-state index contributed by atoms with van der Waals surface area (Å²) in [5.74, 6) is 0.922. The summed E-state index contributed by atoms with van der Waals surface area (Å²) in [5.41, 5.74) is 2.49. The van der Waals surface area contributed by atoms with Crippen LogP contribution in [0.1, 0.15) is 22.8 Å². The van der Waals surface area contributed by atoms with E-state index in [2.05, 4.69) is 12.2 Å². The summed E-state index contributed by atoms with van der Waals surface area (Å²) in [4.78, 5) is 12.3. The van der Waals surface area contributed by atoms with Crippen molar-refractivity contribution in [2.45, 2.75) is 13.3 Å². The molecule has 0 atom stereocenters. The molecular formula is C16H15NO3. The first-order valence-electron chi connectivity index (χ1n) is 6.57. The molecule has 0 saturated heterocycles. The van der Waals surface area contributed by atoms with Gasteiger partial charge in [-0.2, -0.15) is 0 Å². The maximum Gasteiger partial charge on any atom is 0.259 e. The number of rotatable bonds is 3. The van der Waals surface area contributed by atoms with E-state index in [9.17, 15) is 4.79 Å². The average Bonchev–Trinajstić information content (AvgIpc) is 2.96. The molecule has 2 aromatic carbocycles. The Morgan fingerprint density at radius 2 is 1.95 bits per heavy atom. The van der Waals surface area contributed by atoms with E-state index in [0.29, 0.717) is 17.1 Å². The molecule has 0 radical (unpaired) electrons. The number of aryl methyl sites for hydroxylation is 1. The SMILES string of the molecule is CCc1ccc(NC(=O)c2cccc3c2OCO3)cc1. The monoisotopic (exact) mass is 269 g/mol. The standard InChI is InChI=1S/C16H15NO3/c1-2-11-6-8-12(9-7-11)17-16(18)13-4-3-5-14-15(13)20-10-19-14/h3-9H,2,10H2,1H3,(H,17,18). The normalized spacial score (nSPS) is 12.2. The lowest BCUT2D eigenvalue weighted by atomic mass is 10.1. The molecule has 0 spiro atoms. The van der Waals surface area contributed by atoms with Crippen molar-refractivity contribution in [3.8, 4) is 11.5 Å². The zero-order valence-corrected chi connectivity index (χ0v) is 11.2. The number of hydrogen-bond acceptors (Lipinski definition) is 3. The van der Waals surface area contributed by atoms with Gasteiger partial charge in [-0.3, -0.25) is 4.79 Å². The molecule has 1 aliphatic rings. The van der Waals surface area contributed by atoms with Gasteiger partial charge in [0.05, 0.1) is 5.56 Å². The summed E-state index contributed by atoms with van der Waals surface area (Å²) in [6.07, 6.45) is 0.978. The van der Waals surface area contributed by atoms with Crippen molar-refractivity contribution in [1.29, 1.82) is 0 Å². The smallest absolute Gasteiger partial charge is 0.259 e. The topological polar surface area (TPSA) is 47.6 Å². The maximum atomic E-state index is 12.3. The second kappa shape index (κ2) is 5.25. The molecule has 4 nitrogen and oxygen atoms in total. The van der Waals surface area contributed by atoms with Gasteiger partial charge in [-0.1, -0.05) is 25.1 Å². The molecule has 0 bridgehead atoms. The highest BCUT2D eigenvalue weighted by Crippen LogP contribution is 2.35. The van der Waals surface area contributed by atoms with Crippen molar-refractivity contribution >= 4 is 11.6 Å². The fourth-order valence-electron chi connectivity index (χ4n) is 2.13. The van der Waals surface area contributed by atoms with Gasteiger partial charge in [0.1, 0.15) is 0 Å². The zero-order chi connectivity index (χ0) is 13.9. The Morgan fingerprint density at radius 1 is 1.15 bits per heavy atom. The molecule has 0 unspecified atom stereocenters. The number of amides is 1. The van der Waals surface area contributed by atoms with Crippen molar-refractivity contribution in [3.63, 3.8) is 0 Å². The second-order valence-electron chi connectivity index (χ2n) is 4.54. The van der Waals surface area contributed by atoms with Gasteiger partial charge in [0.15, 0.2) is 11.5 Å². The molecule has 0 saturated carbocycles. The number of ether oxygens (including phenoxy) is 2. The molecule has 3 rings (SSSR count). The highest BCUT2D eigenvalue weighted by Gasteiger charge is 2.21. The van der Waals surface area contributed by atoms with Gasteiger partial charge < -0.3 is 14.8 Å². The Labute approximate surface area is 117 Å². The largest absolute Gasteiger partial charge is 0.454 e. The van der Waals surface area contributed by atoms with Gasteiger partial charge in [-0.25, -0.2) is 0 Å². The van der Waals surface area contributed by atoms with Gasteiger partial charge in [0.25, 0.3) is 5.91 Å². The average molecular weight is 269 g/mol. The summed E-state index contributed by atoms with van der Waals surface area (Å²) in [7, 11) is 0. The third-order valence-electron chi connectivity index (χ3n) is 3.26. The number of carbonyl (C=O) groups is 1. The number of fused-ring (bicyclic) bond motifs is 1. The van der Waals surface area contributed by atoms with Gasteiger partial charge in [0.2, 0.25) is 6.79 Å². The van der Waals surface area contributed by atoms with Crippen LogP contribution in [0.4, 0.5) is 5.69 Å². The second-order valence-corrected chi connectivity index (χ2v) is 4.54. The molecule has 1 amide bonds. The minimum Gasteiger partial charge on any atom is -0.454 e. The van der Waals surface area contributed by atoms with E-state index < -0.39 is 0 Å². The number of anilines is 1. The van der Waals surface area contributed by atoms with E-state index >= 15 is 0 Å². The van der Waals surface area contributed by atoms with Crippen molar-refractivity contribution in [2.24, 2.45) is 0 Å². The van der Waals surface area contributed by atoms with E-state index in [1.807, 2.05) is 24.3 Å². The van der Waals surface area contributed by atoms with Crippen LogP contribution < -0.4 is 14.8 Å². The quantitative estimate of drug-likeness (QED) is 0.930. The van der Waals surface area contributed by atoms with Crippen molar-refractivity contribution in [3.05, 3.63) is 53.6 Å². The van der Waals surface area contributed by atoms with E-state index in [4.69, 9.17) is 9.47 Å². The van der Waals surface area contributed by atoms with Crippen LogP contribution in [0.15, 0.2) is 42.5 Å². The molecule has 102 valence electrons. The maximum absolute atomic E-state index is 12.3. The fraction of sp³-hybridized carbons (Fsp3) is 0.188. The van der Waals surface area contributed by atoms with Crippen LogP contribution >= 0.6 is 0 Å². The third-order valence-corrected chi connectivity index (χ3v) is 3.26. The number of para-hydroxylation sites is 1. The van der Waals surface area contributed by atoms with Crippen LogP contribution in [0.3, 0.4) is 0 Å². The first-order chi connectivity index (χ1) is 9.78. The number of hydrogen-bond donors (Lipinski definition) is 1. The summed E-state index contributed by atoms with van der Waals surface area (Å²) in [6.45, 7) is 2.25. The number of benzene rings is 2. The van der Waals surface area contributed by atoms with Gasteiger partial charge in [-0.15, -0.1) is 0 Å². The molecule has 0 fully saturated rings. The molecule has 1 N–H and O–H groups in total. The first-order valence-corrected chi connectivity index (χ1v) is 6.57. The summed E-state index contributed by atoms with van der Waals surface area (Å²) in [5, 5.41) is 2.86. The molecule has 0 aromatic heterocycles. The Bertz CT molecular complexity index is 635. The van der Waals surface area contributed by atoms with Crippen LogP contribution in [0.25, 0.3) is 0 Å². The minimum absolute atomic E-state index is 0.158. The molecule has 1 aliphatic heterocycles. The van der Waals surface area contributed by atoms with Crippen LogP contribution in [-0.4, -0.2) is 12.7 Å².